The van der Waals surface area contributed by atoms with Crippen molar-refractivity contribution in [2.45, 2.75) is 6.92 Å². The topological polar surface area (TPSA) is 42.4 Å². The molecule has 0 bridgehead atoms. The summed E-state index contributed by atoms with van der Waals surface area (Å²) < 4.78 is 6.05. The predicted octanol–water partition coefficient (Wildman–Crippen LogP) is 10.7. The molecule has 0 aliphatic heterocycles. The van der Waals surface area contributed by atoms with Gasteiger partial charge in [-0.05, 0) is 70.3 Å². The van der Waals surface area contributed by atoms with Crippen LogP contribution in [0.3, 0.4) is 0 Å². The largest absolute Gasteiger partial charge is 0.440 e. The third-order valence-corrected chi connectivity index (χ3v) is 7.82. The van der Waals surface area contributed by atoms with E-state index < -0.39 is 0 Å². The molecular weight excluding hydrogens is 512 g/mol. The molecule has 0 fully saturated rings. The van der Waals surface area contributed by atoms with Gasteiger partial charge in [0.05, 0.1) is 11.3 Å². The zero-order valence-electron chi connectivity index (χ0n) is 23.4. The van der Waals surface area contributed by atoms with E-state index >= 15 is 0 Å². The number of anilines is 3. The van der Waals surface area contributed by atoms with Crippen LogP contribution in [-0.4, -0.2) is 0 Å². The lowest BCUT2D eigenvalue weighted by Crippen LogP contribution is -2.16. The number of nitrogens with zero attached hydrogens (tertiary/aromatic N) is 1. The molecule has 6 aromatic carbocycles. The fourth-order valence-electron chi connectivity index (χ4n) is 5.86. The highest BCUT2D eigenvalue weighted by molar-refractivity contribution is 6.05. The number of fused-ring (bicyclic) bond motifs is 2. The fraction of sp³-hybridized carbons (Fsp3) is 0.0256. The van der Waals surface area contributed by atoms with E-state index in [-0.39, 0.29) is 0 Å². The number of rotatable bonds is 6. The van der Waals surface area contributed by atoms with Crippen LogP contribution in [0.1, 0.15) is 12.5 Å². The highest BCUT2D eigenvalue weighted by Crippen LogP contribution is 2.44. The predicted molar refractivity (Wildman–Crippen MR) is 178 cm³/mol. The zero-order chi connectivity index (χ0) is 28.5. The van der Waals surface area contributed by atoms with E-state index in [1.807, 2.05) is 24.3 Å². The molecule has 2 N–H and O–H groups in total. The van der Waals surface area contributed by atoms with Crippen molar-refractivity contribution in [3.05, 3.63) is 157 Å². The standard InChI is InChI=1S/C39H30N2O/c1-2-36(38-34-19-11-12-20-37(34)42-39(38)40)41(31-23-21-28(22-24-31)27-13-5-3-6-14-27)32-25-30-17-9-10-18-33(30)35(26-32)29-15-7-4-8-16-29/h2-26H,40H2,1H3/b36-2+. The lowest BCUT2D eigenvalue weighted by atomic mass is 9.96. The van der Waals surface area contributed by atoms with Crippen molar-refractivity contribution in [2.24, 2.45) is 0 Å². The second-order valence-corrected chi connectivity index (χ2v) is 10.3. The molecule has 0 saturated heterocycles. The molecule has 1 aromatic heterocycles. The van der Waals surface area contributed by atoms with E-state index in [2.05, 4.69) is 139 Å². The van der Waals surface area contributed by atoms with Crippen LogP contribution in [0.15, 0.2) is 156 Å². The minimum absolute atomic E-state index is 0.402. The van der Waals surface area contributed by atoms with Crippen LogP contribution in [-0.2, 0) is 0 Å². The van der Waals surface area contributed by atoms with Gasteiger partial charge in [-0.2, -0.15) is 0 Å². The van der Waals surface area contributed by atoms with Crippen LogP contribution >= 0.6 is 0 Å². The Labute approximate surface area is 245 Å². The van der Waals surface area contributed by atoms with E-state index in [1.54, 1.807) is 0 Å². The van der Waals surface area contributed by atoms with Crippen molar-refractivity contribution in [3.8, 4) is 22.3 Å². The third kappa shape index (κ3) is 4.51. The number of nitrogens with two attached hydrogens (primary N) is 1. The molecule has 0 spiro atoms. The fourth-order valence-corrected chi connectivity index (χ4v) is 5.86. The van der Waals surface area contributed by atoms with Gasteiger partial charge in [-0.25, -0.2) is 0 Å². The molecule has 0 unspecified atom stereocenters. The molecular formula is C39H30N2O. The molecule has 7 rings (SSSR count). The summed E-state index contributed by atoms with van der Waals surface area (Å²) in [7, 11) is 0. The van der Waals surface area contributed by atoms with Gasteiger partial charge in [-0.1, -0.05) is 121 Å². The minimum atomic E-state index is 0.402. The number of benzene rings is 6. The number of nitrogen functional groups attached to an aromatic ring is 1. The first kappa shape index (κ1) is 25.4. The van der Waals surface area contributed by atoms with Gasteiger partial charge >= 0.3 is 0 Å². The highest BCUT2D eigenvalue weighted by atomic mass is 16.3. The molecule has 0 aliphatic carbocycles. The number of para-hydroxylation sites is 1. The Hall–Kier alpha value is -5.54. The number of furan rings is 1. The van der Waals surface area contributed by atoms with Gasteiger partial charge in [0.25, 0.3) is 0 Å². The molecule has 0 aliphatic rings. The quantitative estimate of drug-likeness (QED) is 0.227. The Morgan fingerprint density at radius 2 is 1.19 bits per heavy atom. The second kappa shape index (κ2) is 10.8. The summed E-state index contributed by atoms with van der Waals surface area (Å²) in [5, 5.41) is 3.36. The summed E-state index contributed by atoms with van der Waals surface area (Å²) in [6, 6.07) is 50.9. The number of hydrogen-bond acceptors (Lipinski definition) is 3. The van der Waals surface area contributed by atoms with E-state index in [0.717, 1.165) is 39.2 Å². The van der Waals surface area contributed by atoms with Crippen molar-refractivity contribution in [3.63, 3.8) is 0 Å². The summed E-state index contributed by atoms with van der Waals surface area (Å²) in [5.41, 5.74) is 16.0. The SMILES string of the molecule is C/C=C(\c1c(N)oc2ccccc12)N(c1ccc(-c2ccccc2)cc1)c1cc(-c2ccccc2)c2ccccc2c1. The Morgan fingerprint density at radius 1 is 0.595 bits per heavy atom. The van der Waals surface area contributed by atoms with Crippen molar-refractivity contribution < 1.29 is 4.42 Å². The van der Waals surface area contributed by atoms with Crippen LogP contribution in [0.5, 0.6) is 0 Å². The Morgan fingerprint density at radius 3 is 1.90 bits per heavy atom. The molecule has 1 heterocycles. The monoisotopic (exact) mass is 542 g/mol. The van der Waals surface area contributed by atoms with Gasteiger partial charge in [-0.3, -0.25) is 0 Å². The van der Waals surface area contributed by atoms with Crippen LogP contribution in [0.25, 0.3) is 49.7 Å². The smallest absolute Gasteiger partial charge is 0.201 e. The molecule has 0 atom stereocenters. The molecule has 3 heteroatoms. The van der Waals surface area contributed by atoms with Gasteiger partial charge in [0.15, 0.2) is 0 Å². The summed E-state index contributed by atoms with van der Waals surface area (Å²) in [4.78, 5) is 2.29. The summed E-state index contributed by atoms with van der Waals surface area (Å²) >= 11 is 0. The van der Waals surface area contributed by atoms with Crippen molar-refractivity contribution in [1.82, 2.24) is 0 Å². The van der Waals surface area contributed by atoms with Gasteiger partial charge < -0.3 is 15.1 Å². The maximum Gasteiger partial charge on any atom is 0.201 e. The van der Waals surface area contributed by atoms with Crippen LogP contribution in [0.4, 0.5) is 17.3 Å². The zero-order valence-corrected chi connectivity index (χ0v) is 23.4. The average molecular weight is 543 g/mol. The summed E-state index contributed by atoms with van der Waals surface area (Å²) in [5.74, 6) is 0.402. The lowest BCUT2D eigenvalue weighted by molar-refractivity contribution is 0.636. The Bertz CT molecular complexity index is 2040. The number of allylic oxidation sites excluding steroid dienone is 1. The highest BCUT2D eigenvalue weighted by Gasteiger charge is 2.24. The average Bonchev–Trinajstić information content (AvgIpc) is 3.39. The Kier molecular flexibility index (Phi) is 6.54. The van der Waals surface area contributed by atoms with E-state index in [0.29, 0.717) is 5.88 Å². The first-order valence-corrected chi connectivity index (χ1v) is 14.2. The van der Waals surface area contributed by atoms with Gasteiger partial charge in [-0.15, -0.1) is 0 Å². The second-order valence-electron chi connectivity index (χ2n) is 10.3. The summed E-state index contributed by atoms with van der Waals surface area (Å²) in [6.07, 6.45) is 2.12. The van der Waals surface area contributed by atoms with E-state index in [9.17, 15) is 0 Å². The van der Waals surface area contributed by atoms with Crippen molar-refractivity contribution in [1.29, 1.82) is 0 Å². The van der Waals surface area contributed by atoms with Crippen molar-refractivity contribution in [2.75, 3.05) is 10.6 Å². The van der Waals surface area contributed by atoms with Crippen LogP contribution in [0, 0.1) is 0 Å². The molecule has 0 amide bonds. The maximum atomic E-state index is 6.60. The van der Waals surface area contributed by atoms with Gasteiger partial charge in [0, 0.05) is 16.8 Å². The molecule has 42 heavy (non-hydrogen) atoms. The lowest BCUT2D eigenvalue weighted by Gasteiger charge is -2.29. The van der Waals surface area contributed by atoms with Gasteiger partial charge in [0.1, 0.15) is 5.58 Å². The molecule has 202 valence electrons. The summed E-state index contributed by atoms with van der Waals surface area (Å²) in [6.45, 7) is 2.06. The first-order chi connectivity index (χ1) is 20.7. The Balaban J connectivity index is 1.47. The normalized spacial score (nSPS) is 11.7. The number of hydrogen-bond donors (Lipinski definition) is 1. The molecule has 7 aromatic rings. The van der Waals surface area contributed by atoms with Crippen LogP contribution in [0.2, 0.25) is 0 Å². The maximum absolute atomic E-state index is 6.60. The van der Waals surface area contributed by atoms with Crippen LogP contribution < -0.4 is 10.6 Å². The first-order valence-electron chi connectivity index (χ1n) is 14.2. The van der Waals surface area contributed by atoms with Crippen molar-refractivity contribution >= 4 is 44.7 Å². The van der Waals surface area contributed by atoms with Gasteiger partial charge in [0.2, 0.25) is 5.88 Å². The van der Waals surface area contributed by atoms with E-state index in [4.69, 9.17) is 10.2 Å². The van der Waals surface area contributed by atoms with E-state index in [1.165, 1.54) is 27.5 Å². The molecule has 0 radical (unpaired) electrons. The molecule has 3 nitrogen and oxygen atoms in total. The minimum Gasteiger partial charge on any atom is -0.440 e. The molecule has 0 saturated carbocycles. The third-order valence-electron chi connectivity index (χ3n) is 7.82.